The van der Waals surface area contributed by atoms with E-state index in [1.54, 1.807) is 18.2 Å². The Labute approximate surface area is 134 Å². The number of ether oxygens (including phenoxy) is 1. The minimum atomic E-state index is -0.724. The van der Waals surface area contributed by atoms with Gasteiger partial charge < -0.3 is 15.3 Å². The molecular formula is C14H11IN2O4. The molecule has 7 heteroatoms. The van der Waals surface area contributed by atoms with Crippen molar-refractivity contribution in [3.63, 3.8) is 0 Å². The summed E-state index contributed by atoms with van der Waals surface area (Å²) in [6.45, 7) is -0.419. The Hall–Kier alpha value is -2.16. The summed E-state index contributed by atoms with van der Waals surface area (Å²) in [4.78, 5) is 23.3. The molecule has 0 saturated carbocycles. The first-order valence-electron chi connectivity index (χ1n) is 5.96. The van der Waals surface area contributed by atoms with E-state index in [0.29, 0.717) is 10.4 Å². The van der Waals surface area contributed by atoms with Gasteiger partial charge in [-0.05, 0) is 46.9 Å². The van der Waals surface area contributed by atoms with Crippen LogP contribution in [-0.4, -0.2) is 18.5 Å². The molecule has 0 aliphatic heterocycles. The number of nitrogens with one attached hydrogen (secondary N) is 1. The second-order valence-corrected chi connectivity index (χ2v) is 5.33. The third-order valence-corrected chi connectivity index (χ3v) is 3.12. The zero-order valence-electron chi connectivity index (χ0n) is 10.8. The van der Waals surface area contributed by atoms with E-state index in [1.165, 1.54) is 18.3 Å². The minimum absolute atomic E-state index is 0.0922. The summed E-state index contributed by atoms with van der Waals surface area (Å²) in [5, 5.41) is 13.6. The van der Waals surface area contributed by atoms with Crippen LogP contribution in [0.2, 0.25) is 0 Å². The van der Waals surface area contributed by atoms with Gasteiger partial charge in [-0.15, -0.1) is 0 Å². The van der Waals surface area contributed by atoms with E-state index in [-0.39, 0.29) is 5.56 Å². The lowest BCUT2D eigenvalue weighted by molar-refractivity contribution is -0.605. The van der Waals surface area contributed by atoms with Gasteiger partial charge >= 0.3 is 5.97 Å². The minimum Gasteiger partial charge on any atom is -0.619 e. The molecule has 0 saturated heterocycles. The van der Waals surface area contributed by atoms with E-state index in [1.807, 2.05) is 6.07 Å². The smallest absolute Gasteiger partial charge is 0.344 e. The number of pyridine rings is 1. The second-order valence-electron chi connectivity index (χ2n) is 4.09. The molecule has 6 nitrogen and oxygen atoms in total. The number of halogens is 1. The molecule has 1 aromatic carbocycles. The zero-order valence-corrected chi connectivity index (χ0v) is 12.9. The van der Waals surface area contributed by atoms with Gasteiger partial charge in [0.05, 0.1) is 0 Å². The number of amides is 1. The first-order chi connectivity index (χ1) is 10.0. The Kier molecular flexibility index (Phi) is 5.09. The van der Waals surface area contributed by atoms with Crippen LogP contribution < -0.4 is 10.0 Å². The van der Waals surface area contributed by atoms with Gasteiger partial charge in [-0.1, -0.05) is 6.07 Å². The summed E-state index contributed by atoms with van der Waals surface area (Å²) >= 11 is 2.13. The van der Waals surface area contributed by atoms with Crippen molar-refractivity contribution in [2.75, 3.05) is 11.9 Å². The number of carbonyl (C=O) groups is 2. The van der Waals surface area contributed by atoms with E-state index in [2.05, 4.69) is 27.9 Å². The van der Waals surface area contributed by atoms with Gasteiger partial charge in [-0.25, -0.2) is 4.79 Å². The van der Waals surface area contributed by atoms with Crippen molar-refractivity contribution in [3.05, 3.63) is 63.1 Å². The molecule has 0 bridgehead atoms. The van der Waals surface area contributed by atoms with Gasteiger partial charge in [-0.2, -0.15) is 4.73 Å². The highest BCUT2D eigenvalue weighted by Gasteiger charge is 2.12. The van der Waals surface area contributed by atoms with Crippen LogP contribution in [0.3, 0.4) is 0 Å². The first kappa shape index (κ1) is 15.2. The fraction of sp³-hybridized carbons (Fsp3) is 0.0714. The number of hydrogen-bond acceptors (Lipinski definition) is 4. The Morgan fingerprint density at radius 2 is 2.10 bits per heavy atom. The van der Waals surface area contributed by atoms with Crippen LogP contribution in [0, 0.1) is 8.78 Å². The number of hydrogen-bond donors (Lipinski definition) is 1. The Bertz CT molecular complexity index is 676. The van der Waals surface area contributed by atoms with E-state index < -0.39 is 18.5 Å². The van der Waals surface area contributed by atoms with Crippen molar-refractivity contribution in [1.29, 1.82) is 0 Å². The average molecular weight is 398 g/mol. The summed E-state index contributed by atoms with van der Waals surface area (Å²) in [5.41, 5.74) is 0.717. The lowest BCUT2D eigenvalue weighted by Gasteiger charge is -2.06. The van der Waals surface area contributed by atoms with E-state index in [0.717, 1.165) is 9.77 Å². The molecule has 0 atom stereocenters. The molecule has 2 aromatic rings. The van der Waals surface area contributed by atoms with E-state index >= 15 is 0 Å². The highest BCUT2D eigenvalue weighted by molar-refractivity contribution is 14.1. The van der Waals surface area contributed by atoms with Gasteiger partial charge in [0.2, 0.25) is 0 Å². The number of rotatable bonds is 4. The third-order valence-electron chi connectivity index (χ3n) is 2.45. The van der Waals surface area contributed by atoms with Crippen molar-refractivity contribution in [2.24, 2.45) is 0 Å². The van der Waals surface area contributed by atoms with Crippen LogP contribution in [0.5, 0.6) is 0 Å². The Morgan fingerprint density at radius 3 is 2.81 bits per heavy atom. The molecule has 0 spiro atoms. The number of benzene rings is 1. The van der Waals surface area contributed by atoms with Crippen LogP contribution in [-0.2, 0) is 9.53 Å². The van der Waals surface area contributed by atoms with Crippen molar-refractivity contribution in [3.8, 4) is 0 Å². The maximum Gasteiger partial charge on any atom is 0.344 e. The molecule has 0 aliphatic carbocycles. The molecule has 1 amide bonds. The average Bonchev–Trinajstić information content (AvgIpc) is 2.45. The maximum absolute atomic E-state index is 11.7. The van der Waals surface area contributed by atoms with Crippen LogP contribution >= 0.6 is 22.6 Å². The molecule has 1 aromatic heterocycles. The molecule has 1 heterocycles. The number of aromatic nitrogens is 1. The molecule has 0 unspecified atom stereocenters. The fourth-order valence-corrected chi connectivity index (χ4v) is 2.10. The molecule has 0 fully saturated rings. The largest absolute Gasteiger partial charge is 0.619 e. The first-order valence-corrected chi connectivity index (χ1v) is 7.04. The van der Waals surface area contributed by atoms with Crippen LogP contribution in [0.25, 0.3) is 0 Å². The lowest BCUT2D eigenvalue weighted by atomic mass is 10.3. The zero-order chi connectivity index (χ0) is 15.2. The highest BCUT2D eigenvalue weighted by Crippen LogP contribution is 2.12. The molecule has 0 aliphatic rings. The monoisotopic (exact) mass is 398 g/mol. The number of anilines is 1. The highest BCUT2D eigenvalue weighted by atomic mass is 127. The SMILES string of the molecule is O=C(COC(=O)c1ccc[n+]([O-])c1)Nc1cccc(I)c1. The predicted octanol–water partition coefficient (Wildman–Crippen LogP) is 1.72. The van der Waals surface area contributed by atoms with Crippen molar-refractivity contribution in [2.45, 2.75) is 0 Å². The summed E-state index contributed by atoms with van der Waals surface area (Å²) in [6.07, 6.45) is 2.33. The molecule has 1 N–H and O–H groups in total. The van der Waals surface area contributed by atoms with Gasteiger partial charge in [0.25, 0.3) is 5.91 Å². The summed E-state index contributed by atoms with van der Waals surface area (Å²) in [7, 11) is 0. The number of nitrogens with zero attached hydrogens (tertiary/aromatic N) is 1. The van der Waals surface area contributed by atoms with Crippen molar-refractivity contribution in [1.82, 2.24) is 0 Å². The van der Waals surface area contributed by atoms with Crippen molar-refractivity contribution < 1.29 is 19.1 Å². The van der Waals surface area contributed by atoms with Gasteiger partial charge in [0.1, 0.15) is 5.56 Å². The molecule has 108 valence electrons. The fourth-order valence-electron chi connectivity index (χ4n) is 1.55. The Balaban J connectivity index is 1.88. The molecule has 21 heavy (non-hydrogen) atoms. The van der Waals surface area contributed by atoms with Gasteiger partial charge in [0, 0.05) is 15.3 Å². The number of carbonyl (C=O) groups excluding carboxylic acids is 2. The van der Waals surface area contributed by atoms with Gasteiger partial charge in [0.15, 0.2) is 19.0 Å². The van der Waals surface area contributed by atoms with Crippen LogP contribution in [0.1, 0.15) is 10.4 Å². The second kappa shape index (κ2) is 7.02. The quantitative estimate of drug-likeness (QED) is 0.368. The third kappa shape index (κ3) is 4.71. The Morgan fingerprint density at radius 1 is 1.29 bits per heavy atom. The topological polar surface area (TPSA) is 82.3 Å². The lowest BCUT2D eigenvalue weighted by Crippen LogP contribution is -2.27. The van der Waals surface area contributed by atoms with E-state index in [4.69, 9.17) is 4.74 Å². The maximum atomic E-state index is 11.7. The molecule has 2 rings (SSSR count). The van der Waals surface area contributed by atoms with Crippen LogP contribution in [0.4, 0.5) is 5.69 Å². The normalized spacial score (nSPS) is 9.95. The summed E-state index contributed by atoms with van der Waals surface area (Å²) < 4.78 is 6.31. The molecule has 0 radical (unpaired) electrons. The molecular weight excluding hydrogens is 387 g/mol. The van der Waals surface area contributed by atoms with Crippen molar-refractivity contribution >= 4 is 40.2 Å². The summed E-state index contributed by atoms with van der Waals surface area (Å²) in [5.74, 6) is -1.17. The van der Waals surface area contributed by atoms with Gasteiger partial charge in [-0.3, -0.25) is 4.79 Å². The van der Waals surface area contributed by atoms with E-state index in [9.17, 15) is 14.8 Å². The number of esters is 1. The summed E-state index contributed by atoms with van der Waals surface area (Å²) in [6, 6.07) is 10.1. The predicted molar refractivity (Wildman–Crippen MR) is 83.5 cm³/mol. The van der Waals surface area contributed by atoms with Crippen LogP contribution in [0.15, 0.2) is 48.8 Å². The standard InChI is InChI=1S/C14H11IN2O4/c15-11-4-1-5-12(7-11)16-13(18)9-21-14(19)10-3-2-6-17(20)8-10/h1-8H,9H2,(H,16,18).